The lowest BCUT2D eigenvalue weighted by Gasteiger charge is -2.19. The van der Waals surface area contributed by atoms with Gasteiger partial charge < -0.3 is 5.11 Å². The second-order valence-corrected chi connectivity index (χ2v) is 5.05. The van der Waals surface area contributed by atoms with Gasteiger partial charge in [0, 0.05) is 12.7 Å². The molecule has 1 aliphatic heterocycles. The molecule has 0 unspecified atom stereocenters. The van der Waals surface area contributed by atoms with E-state index in [-0.39, 0.29) is 18.4 Å². The van der Waals surface area contributed by atoms with Gasteiger partial charge in [-0.05, 0) is 37.6 Å². The van der Waals surface area contributed by atoms with E-state index in [1.165, 1.54) is 0 Å². The third-order valence-corrected chi connectivity index (χ3v) is 3.68. The fraction of sp³-hybridized carbons (Fsp3) is 0.333. The number of para-hydroxylation sites is 1. The number of carboxylic acid groups (broad SMARTS) is 1. The molecule has 21 heavy (non-hydrogen) atoms. The number of carbonyl (C=O) groups is 1. The number of halogens is 1. The second kappa shape index (κ2) is 6.74. The number of aromatic nitrogens is 2. The zero-order valence-electron chi connectivity index (χ0n) is 11.6. The highest BCUT2D eigenvalue weighted by Gasteiger charge is 2.30. The molecular formula is C15H18ClN3O2. The highest BCUT2D eigenvalue weighted by molar-refractivity contribution is 5.85. The standard InChI is InChI=1S/C15H17N3O2.ClH/c19-15(20)14-7-4-9-17(14)11-12-8-10-18(16-12)13-5-2-1-3-6-13;/h1-3,5-6,8,10,14H,4,7,9,11H2,(H,19,20);1H/t14-;/m1./s1. The Morgan fingerprint density at radius 1 is 1.29 bits per heavy atom. The lowest BCUT2D eigenvalue weighted by Crippen LogP contribution is -2.35. The fourth-order valence-electron chi connectivity index (χ4n) is 2.67. The largest absolute Gasteiger partial charge is 0.480 e. The van der Waals surface area contributed by atoms with Gasteiger partial charge in [-0.3, -0.25) is 9.69 Å². The van der Waals surface area contributed by atoms with Crippen LogP contribution in [0, 0.1) is 0 Å². The summed E-state index contributed by atoms with van der Waals surface area (Å²) < 4.78 is 1.82. The predicted octanol–water partition coefficient (Wildman–Crippen LogP) is 2.34. The molecular weight excluding hydrogens is 290 g/mol. The van der Waals surface area contributed by atoms with Gasteiger partial charge in [0.1, 0.15) is 6.04 Å². The number of hydrogen-bond acceptors (Lipinski definition) is 3. The normalized spacial score (nSPS) is 18.4. The van der Waals surface area contributed by atoms with Crippen molar-refractivity contribution < 1.29 is 9.90 Å². The van der Waals surface area contributed by atoms with Crippen LogP contribution in [0.15, 0.2) is 42.6 Å². The third-order valence-electron chi connectivity index (χ3n) is 3.68. The highest BCUT2D eigenvalue weighted by Crippen LogP contribution is 2.20. The van der Waals surface area contributed by atoms with Gasteiger partial charge in [-0.25, -0.2) is 4.68 Å². The van der Waals surface area contributed by atoms with Gasteiger partial charge in [-0.15, -0.1) is 12.4 Å². The summed E-state index contributed by atoms with van der Waals surface area (Å²) in [4.78, 5) is 13.1. The summed E-state index contributed by atoms with van der Waals surface area (Å²) in [5.41, 5.74) is 1.91. The van der Waals surface area contributed by atoms with Crippen molar-refractivity contribution in [3.63, 3.8) is 0 Å². The van der Waals surface area contributed by atoms with Crippen molar-refractivity contribution >= 4 is 18.4 Å². The highest BCUT2D eigenvalue weighted by atomic mass is 35.5. The van der Waals surface area contributed by atoms with Crippen molar-refractivity contribution in [1.29, 1.82) is 0 Å². The quantitative estimate of drug-likeness (QED) is 0.942. The van der Waals surface area contributed by atoms with Crippen molar-refractivity contribution in [2.24, 2.45) is 0 Å². The molecule has 1 N–H and O–H groups in total. The summed E-state index contributed by atoms with van der Waals surface area (Å²) >= 11 is 0. The zero-order valence-corrected chi connectivity index (χ0v) is 12.4. The van der Waals surface area contributed by atoms with Crippen LogP contribution in [0.5, 0.6) is 0 Å². The van der Waals surface area contributed by atoms with E-state index in [0.29, 0.717) is 6.54 Å². The van der Waals surface area contributed by atoms with Crippen molar-refractivity contribution in [3.8, 4) is 5.69 Å². The maximum atomic E-state index is 11.2. The number of rotatable bonds is 4. The van der Waals surface area contributed by atoms with E-state index in [1.807, 2.05) is 52.2 Å². The summed E-state index contributed by atoms with van der Waals surface area (Å²) in [5, 5.41) is 13.7. The van der Waals surface area contributed by atoms with Gasteiger partial charge in [-0.2, -0.15) is 5.10 Å². The predicted molar refractivity (Wildman–Crippen MR) is 81.9 cm³/mol. The Morgan fingerprint density at radius 3 is 2.76 bits per heavy atom. The maximum absolute atomic E-state index is 11.2. The second-order valence-electron chi connectivity index (χ2n) is 5.05. The molecule has 0 spiro atoms. The SMILES string of the molecule is Cl.O=C(O)[C@H]1CCCN1Cc1ccn(-c2ccccc2)n1. The molecule has 1 saturated heterocycles. The Balaban J connectivity index is 0.00000161. The van der Waals surface area contributed by atoms with Crippen molar-refractivity contribution in [1.82, 2.24) is 14.7 Å². The van der Waals surface area contributed by atoms with Gasteiger partial charge in [0.25, 0.3) is 0 Å². The molecule has 0 saturated carbocycles. The molecule has 112 valence electrons. The molecule has 1 aromatic carbocycles. The molecule has 0 aliphatic carbocycles. The molecule has 6 heteroatoms. The van der Waals surface area contributed by atoms with Gasteiger partial charge in [0.15, 0.2) is 0 Å². The molecule has 1 fully saturated rings. The third kappa shape index (κ3) is 3.43. The first kappa shape index (κ1) is 15.5. The minimum Gasteiger partial charge on any atom is -0.480 e. The first-order valence-electron chi connectivity index (χ1n) is 6.81. The molecule has 5 nitrogen and oxygen atoms in total. The van der Waals surface area contributed by atoms with Crippen molar-refractivity contribution in [2.75, 3.05) is 6.54 Å². The van der Waals surface area contributed by atoms with Gasteiger partial charge in [0.2, 0.25) is 0 Å². The first-order chi connectivity index (χ1) is 9.74. The van der Waals surface area contributed by atoms with Gasteiger partial charge >= 0.3 is 5.97 Å². The minimum absolute atomic E-state index is 0. The van der Waals surface area contributed by atoms with Crippen LogP contribution in [0.1, 0.15) is 18.5 Å². The molecule has 2 aromatic rings. The van der Waals surface area contributed by atoms with E-state index in [9.17, 15) is 9.90 Å². The van der Waals surface area contributed by atoms with E-state index in [0.717, 1.165) is 30.8 Å². The summed E-state index contributed by atoms with van der Waals surface area (Å²) in [7, 11) is 0. The molecule has 1 aliphatic rings. The molecule has 2 heterocycles. The monoisotopic (exact) mass is 307 g/mol. The lowest BCUT2D eigenvalue weighted by atomic mass is 10.2. The lowest BCUT2D eigenvalue weighted by molar-refractivity contribution is -0.142. The minimum atomic E-state index is -0.731. The average Bonchev–Trinajstić information content (AvgIpc) is 3.09. The topological polar surface area (TPSA) is 58.4 Å². The van der Waals surface area contributed by atoms with Crippen LogP contribution in [-0.2, 0) is 11.3 Å². The summed E-state index contributed by atoms with van der Waals surface area (Å²) in [5.74, 6) is -0.731. The fourth-order valence-corrected chi connectivity index (χ4v) is 2.67. The zero-order chi connectivity index (χ0) is 13.9. The number of carboxylic acids is 1. The average molecular weight is 308 g/mol. The summed E-state index contributed by atoms with van der Waals surface area (Å²) in [6.45, 7) is 1.42. The number of benzene rings is 1. The first-order valence-corrected chi connectivity index (χ1v) is 6.81. The van der Waals surface area contributed by atoms with Crippen molar-refractivity contribution in [2.45, 2.75) is 25.4 Å². The van der Waals surface area contributed by atoms with Gasteiger partial charge in [0.05, 0.1) is 11.4 Å². The van der Waals surface area contributed by atoms with Crippen LogP contribution in [-0.4, -0.2) is 38.3 Å². The molecule has 0 radical (unpaired) electrons. The van der Waals surface area contributed by atoms with E-state index in [1.54, 1.807) is 0 Å². The number of hydrogen-bond donors (Lipinski definition) is 1. The van der Waals surface area contributed by atoms with Crippen molar-refractivity contribution in [3.05, 3.63) is 48.3 Å². The van der Waals surface area contributed by atoms with E-state index >= 15 is 0 Å². The van der Waals surface area contributed by atoms with Crippen LogP contribution in [0.3, 0.4) is 0 Å². The molecule has 1 aromatic heterocycles. The summed E-state index contributed by atoms with van der Waals surface area (Å²) in [6, 6.07) is 11.5. The van der Waals surface area contributed by atoms with Crippen LogP contribution in [0.2, 0.25) is 0 Å². The Bertz CT molecular complexity index is 600. The Labute approximate surface area is 129 Å². The molecule has 3 rings (SSSR count). The van der Waals surface area contributed by atoms with E-state index in [4.69, 9.17) is 0 Å². The Kier molecular flexibility index (Phi) is 4.98. The molecule has 0 amide bonds. The van der Waals surface area contributed by atoms with E-state index in [2.05, 4.69) is 5.10 Å². The Hall–Kier alpha value is -1.85. The summed E-state index contributed by atoms with van der Waals surface area (Å²) in [6.07, 6.45) is 3.58. The van der Waals surface area contributed by atoms with Gasteiger partial charge in [-0.1, -0.05) is 18.2 Å². The van der Waals surface area contributed by atoms with Crippen LogP contribution in [0.4, 0.5) is 0 Å². The van der Waals surface area contributed by atoms with Crippen LogP contribution >= 0.6 is 12.4 Å². The Morgan fingerprint density at radius 2 is 2.05 bits per heavy atom. The maximum Gasteiger partial charge on any atom is 0.320 e. The van der Waals surface area contributed by atoms with Crippen LogP contribution in [0.25, 0.3) is 5.69 Å². The number of aliphatic carboxylic acids is 1. The van der Waals surface area contributed by atoms with E-state index < -0.39 is 5.97 Å². The number of likely N-dealkylation sites (tertiary alicyclic amines) is 1. The van der Waals surface area contributed by atoms with Crippen LogP contribution < -0.4 is 0 Å². The molecule has 1 atom stereocenters. The number of nitrogens with zero attached hydrogens (tertiary/aromatic N) is 3. The smallest absolute Gasteiger partial charge is 0.320 e. The molecule has 0 bridgehead atoms.